The monoisotopic (exact) mass is 276 g/mol. The summed E-state index contributed by atoms with van der Waals surface area (Å²) in [6, 6.07) is 0.523. The molecule has 96 valence electrons. The van der Waals surface area contributed by atoms with Crippen molar-refractivity contribution in [2.24, 2.45) is 0 Å². The second-order valence-electron chi connectivity index (χ2n) is 4.22. The maximum Gasteiger partial charge on any atom is 0.187 e. The van der Waals surface area contributed by atoms with E-state index in [9.17, 15) is 0 Å². The summed E-state index contributed by atoms with van der Waals surface area (Å²) in [6.45, 7) is 0.931. The number of halogens is 1. The molecule has 2 N–H and O–H groups in total. The Kier molecular flexibility index (Phi) is 4.62. The molecule has 0 spiro atoms. The molecule has 1 aliphatic rings. The first-order valence-corrected chi connectivity index (χ1v) is 7.09. The minimum absolute atomic E-state index is 0.0605. The normalized spacial score (nSPS) is 15.9. The van der Waals surface area contributed by atoms with Crippen molar-refractivity contribution < 1.29 is 10.2 Å². The molecule has 0 amide bonds. The van der Waals surface area contributed by atoms with Crippen LogP contribution < -0.4 is 4.90 Å². The van der Waals surface area contributed by atoms with Crippen molar-refractivity contribution >= 4 is 28.1 Å². The minimum atomic E-state index is -0.0605. The van der Waals surface area contributed by atoms with Crippen molar-refractivity contribution in [1.29, 1.82) is 0 Å². The minimum Gasteiger partial charge on any atom is -0.396 e. The van der Waals surface area contributed by atoms with Gasteiger partial charge in [-0.15, -0.1) is 0 Å². The van der Waals surface area contributed by atoms with Gasteiger partial charge in [-0.1, -0.05) is 22.9 Å². The highest BCUT2D eigenvalue weighted by molar-refractivity contribution is 7.16. The smallest absolute Gasteiger partial charge is 0.187 e. The van der Waals surface area contributed by atoms with Crippen molar-refractivity contribution in [2.45, 2.75) is 38.3 Å². The van der Waals surface area contributed by atoms with E-state index in [4.69, 9.17) is 21.8 Å². The number of aliphatic hydroxyl groups excluding tert-OH is 2. The molecule has 0 atom stereocenters. The van der Waals surface area contributed by atoms with Crippen molar-refractivity contribution in [3.63, 3.8) is 0 Å². The number of anilines is 1. The zero-order valence-electron chi connectivity index (χ0n) is 9.60. The first kappa shape index (κ1) is 13.1. The Morgan fingerprint density at radius 1 is 1.41 bits per heavy atom. The van der Waals surface area contributed by atoms with Crippen LogP contribution in [0.1, 0.15) is 30.6 Å². The van der Waals surface area contributed by atoms with Crippen LogP contribution in [0.25, 0.3) is 0 Å². The first-order valence-electron chi connectivity index (χ1n) is 5.89. The van der Waals surface area contributed by atoms with Crippen LogP contribution in [0.5, 0.6) is 0 Å². The maximum absolute atomic E-state index is 9.13. The summed E-state index contributed by atoms with van der Waals surface area (Å²) in [4.78, 5) is 7.24. The van der Waals surface area contributed by atoms with Crippen LogP contribution in [0.3, 0.4) is 0 Å². The molecule has 1 aromatic heterocycles. The topological polar surface area (TPSA) is 56.6 Å². The van der Waals surface area contributed by atoms with Gasteiger partial charge in [0.05, 0.1) is 11.5 Å². The van der Waals surface area contributed by atoms with Gasteiger partial charge in [0.15, 0.2) is 5.13 Å². The summed E-state index contributed by atoms with van der Waals surface area (Å²) in [5, 5.41) is 19.3. The lowest BCUT2D eigenvalue weighted by molar-refractivity contribution is 0.283. The highest BCUT2D eigenvalue weighted by atomic mass is 35.5. The van der Waals surface area contributed by atoms with E-state index >= 15 is 0 Å². The van der Waals surface area contributed by atoms with Crippen molar-refractivity contribution in [2.75, 3.05) is 18.1 Å². The van der Waals surface area contributed by atoms with Gasteiger partial charge < -0.3 is 15.1 Å². The third kappa shape index (κ3) is 2.91. The SMILES string of the molecule is OCCCN(c1nc(Cl)c(CO)s1)C1CCC1. The molecular formula is C11H17ClN2O2S. The van der Waals surface area contributed by atoms with Gasteiger partial charge in [-0.25, -0.2) is 4.98 Å². The maximum atomic E-state index is 9.13. The van der Waals surface area contributed by atoms with Gasteiger partial charge in [0.2, 0.25) is 0 Å². The standard InChI is InChI=1S/C11H17ClN2O2S/c12-10-9(7-16)17-11(13-10)14(5-2-6-15)8-3-1-4-8/h8,15-16H,1-7H2. The van der Waals surface area contributed by atoms with Crippen LogP contribution in [-0.2, 0) is 6.61 Å². The van der Waals surface area contributed by atoms with E-state index in [0.717, 1.165) is 23.0 Å². The highest BCUT2D eigenvalue weighted by Gasteiger charge is 2.27. The Balaban J connectivity index is 2.12. The van der Waals surface area contributed by atoms with Crippen molar-refractivity contribution in [3.8, 4) is 0 Å². The predicted molar refractivity (Wildman–Crippen MR) is 69.7 cm³/mol. The van der Waals surface area contributed by atoms with Crippen LogP contribution in [0, 0.1) is 0 Å². The van der Waals surface area contributed by atoms with Crippen molar-refractivity contribution in [3.05, 3.63) is 10.0 Å². The molecule has 1 saturated carbocycles. The number of hydrogen-bond donors (Lipinski definition) is 2. The third-order valence-corrected chi connectivity index (χ3v) is 4.60. The Morgan fingerprint density at radius 3 is 2.65 bits per heavy atom. The zero-order valence-corrected chi connectivity index (χ0v) is 11.2. The van der Waals surface area contributed by atoms with Crippen molar-refractivity contribution in [1.82, 2.24) is 4.98 Å². The number of rotatable bonds is 6. The molecule has 4 nitrogen and oxygen atoms in total. The Morgan fingerprint density at radius 2 is 2.18 bits per heavy atom. The third-order valence-electron chi connectivity index (χ3n) is 3.10. The fourth-order valence-electron chi connectivity index (χ4n) is 1.92. The number of aromatic nitrogens is 1. The van der Waals surface area contributed by atoms with E-state index in [1.54, 1.807) is 0 Å². The van der Waals surface area contributed by atoms with Gasteiger partial charge in [0.25, 0.3) is 0 Å². The van der Waals surface area contributed by atoms with E-state index in [0.29, 0.717) is 11.2 Å². The number of aliphatic hydroxyl groups is 2. The second kappa shape index (κ2) is 6.00. The summed E-state index contributed by atoms with van der Waals surface area (Å²) in [5.74, 6) is 0. The van der Waals surface area contributed by atoms with Gasteiger partial charge >= 0.3 is 0 Å². The summed E-state index contributed by atoms with van der Waals surface area (Å²) >= 11 is 7.40. The van der Waals surface area contributed by atoms with E-state index in [1.165, 1.54) is 30.6 Å². The average molecular weight is 277 g/mol. The Labute approximate surface area is 110 Å². The lowest BCUT2D eigenvalue weighted by atomic mass is 9.92. The molecule has 0 unspecified atom stereocenters. The first-order chi connectivity index (χ1) is 8.26. The zero-order chi connectivity index (χ0) is 12.3. The van der Waals surface area contributed by atoms with Crippen LogP contribution in [0.2, 0.25) is 5.15 Å². The molecule has 17 heavy (non-hydrogen) atoms. The van der Waals surface area contributed by atoms with Gasteiger partial charge in [0.1, 0.15) is 5.15 Å². The molecule has 0 aromatic carbocycles. The summed E-state index contributed by atoms with van der Waals surface area (Å²) < 4.78 is 0. The molecule has 6 heteroatoms. The molecule has 1 fully saturated rings. The number of thiazole rings is 1. The number of hydrogen-bond acceptors (Lipinski definition) is 5. The van der Waals surface area contributed by atoms with Crippen LogP contribution in [-0.4, -0.2) is 34.4 Å². The van der Waals surface area contributed by atoms with E-state index in [1.807, 2.05) is 0 Å². The van der Waals surface area contributed by atoms with E-state index in [2.05, 4.69) is 9.88 Å². The molecule has 0 aliphatic heterocycles. The van der Waals surface area contributed by atoms with Gasteiger partial charge in [-0.05, 0) is 25.7 Å². The second-order valence-corrected chi connectivity index (χ2v) is 5.64. The Bertz CT molecular complexity index is 368. The Hall–Kier alpha value is -0.360. The molecule has 0 saturated heterocycles. The molecule has 1 aromatic rings. The van der Waals surface area contributed by atoms with Gasteiger partial charge in [-0.3, -0.25) is 0 Å². The fraction of sp³-hybridized carbons (Fsp3) is 0.727. The predicted octanol–water partition coefficient (Wildman–Crippen LogP) is 2.03. The van der Waals surface area contributed by atoms with E-state index < -0.39 is 0 Å². The molecule has 2 rings (SSSR count). The van der Waals surface area contributed by atoms with Crippen LogP contribution in [0.15, 0.2) is 0 Å². The van der Waals surface area contributed by atoms with Crippen LogP contribution in [0.4, 0.5) is 5.13 Å². The molecule has 0 bridgehead atoms. The largest absolute Gasteiger partial charge is 0.396 e. The quantitative estimate of drug-likeness (QED) is 0.835. The molecule has 1 heterocycles. The van der Waals surface area contributed by atoms with Gasteiger partial charge in [-0.2, -0.15) is 0 Å². The fourth-order valence-corrected chi connectivity index (χ4v) is 3.13. The van der Waals surface area contributed by atoms with E-state index in [-0.39, 0.29) is 13.2 Å². The van der Waals surface area contributed by atoms with Crippen LogP contribution >= 0.6 is 22.9 Å². The van der Waals surface area contributed by atoms with Gasteiger partial charge in [0, 0.05) is 19.2 Å². The summed E-state index contributed by atoms with van der Waals surface area (Å²) in [5.41, 5.74) is 0. The molecule has 1 aliphatic carbocycles. The lowest BCUT2D eigenvalue weighted by Gasteiger charge is -2.37. The lowest BCUT2D eigenvalue weighted by Crippen LogP contribution is -2.41. The highest BCUT2D eigenvalue weighted by Crippen LogP contribution is 2.35. The molecular weight excluding hydrogens is 260 g/mol. The number of nitrogens with zero attached hydrogens (tertiary/aromatic N) is 2. The summed E-state index contributed by atoms with van der Waals surface area (Å²) in [7, 11) is 0. The average Bonchev–Trinajstić information content (AvgIpc) is 2.62. The summed E-state index contributed by atoms with van der Waals surface area (Å²) in [6.07, 6.45) is 4.35. The molecule has 0 radical (unpaired) electrons.